The van der Waals surface area contributed by atoms with Gasteiger partial charge in [-0.3, -0.25) is 5.10 Å². The Balaban J connectivity index is 2.40. The second-order valence-corrected chi connectivity index (χ2v) is 7.31. The van der Waals surface area contributed by atoms with E-state index in [1.165, 1.54) is 11.2 Å². The number of sulfonamides is 1. The molecule has 0 radical (unpaired) electrons. The summed E-state index contributed by atoms with van der Waals surface area (Å²) < 4.78 is 26.8. The van der Waals surface area contributed by atoms with E-state index in [9.17, 15) is 18.3 Å². The van der Waals surface area contributed by atoms with Crippen molar-refractivity contribution < 1.29 is 18.3 Å². The molecular formula is C12H20N4O4S. The number of carboxylic acids is 1. The van der Waals surface area contributed by atoms with E-state index in [4.69, 9.17) is 0 Å². The average Bonchev–Trinajstić information content (AvgIpc) is 2.95. The lowest BCUT2D eigenvalue weighted by molar-refractivity contribution is 0.0691. The Bertz CT molecular complexity index is 638. The monoisotopic (exact) mass is 316 g/mol. The van der Waals surface area contributed by atoms with E-state index < -0.39 is 21.0 Å². The van der Waals surface area contributed by atoms with Gasteiger partial charge >= 0.3 is 5.97 Å². The molecule has 0 aromatic carbocycles. The van der Waals surface area contributed by atoms with Gasteiger partial charge in [0.05, 0.1) is 0 Å². The van der Waals surface area contributed by atoms with Crippen molar-refractivity contribution in [3.63, 3.8) is 0 Å². The molecule has 1 atom stereocenters. The molecule has 2 rings (SSSR count). The first-order valence-corrected chi connectivity index (χ1v) is 8.14. The van der Waals surface area contributed by atoms with Crippen molar-refractivity contribution in [2.24, 2.45) is 0 Å². The molecule has 1 unspecified atom stereocenters. The minimum atomic E-state index is -3.90. The van der Waals surface area contributed by atoms with E-state index in [2.05, 4.69) is 10.2 Å². The summed E-state index contributed by atoms with van der Waals surface area (Å²) in [4.78, 5) is 13.2. The number of rotatable bonds is 5. The zero-order valence-electron chi connectivity index (χ0n) is 12.3. The number of carbonyl (C=O) groups is 1. The van der Waals surface area contributed by atoms with Gasteiger partial charge in [0.2, 0.25) is 5.03 Å². The highest BCUT2D eigenvalue weighted by molar-refractivity contribution is 7.89. The van der Waals surface area contributed by atoms with Gasteiger partial charge in [0.25, 0.3) is 10.0 Å². The number of aromatic nitrogens is 2. The summed E-state index contributed by atoms with van der Waals surface area (Å²) in [6.45, 7) is 2.49. The standard InChI is InChI=1S/C12H20N4O4S/c1-8-10(12(17)18)11(14-13-8)21(19,20)16-6-4-5-9(16)7-15(2)3/h9H,4-7H2,1-3H3,(H,13,14)(H,17,18). The Morgan fingerprint density at radius 3 is 2.76 bits per heavy atom. The molecular weight excluding hydrogens is 296 g/mol. The molecule has 0 amide bonds. The Hall–Kier alpha value is -1.45. The molecule has 0 aliphatic carbocycles. The Kier molecular flexibility index (Phi) is 4.35. The number of hydrogen-bond donors (Lipinski definition) is 2. The summed E-state index contributed by atoms with van der Waals surface area (Å²) in [6, 6.07) is -0.149. The zero-order chi connectivity index (χ0) is 15.8. The van der Waals surface area contributed by atoms with Crippen molar-refractivity contribution in [1.82, 2.24) is 19.4 Å². The number of H-pyrrole nitrogens is 1. The second-order valence-electron chi connectivity index (χ2n) is 5.51. The molecule has 2 N–H and O–H groups in total. The molecule has 118 valence electrons. The summed E-state index contributed by atoms with van der Waals surface area (Å²) in [6.07, 6.45) is 1.53. The summed E-state index contributed by atoms with van der Waals surface area (Å²) in [5.41, 5.74) is -0.0325. The molecule has 8 nitrogen and oxygen atoms in total. The van der Waals surface area contributed by atoms with Crippen molar-refractivity contribution in [3.8, 4) is 0 Å². The number of nitrogens with one attached hydrogen (secondary N) is 1. The fourth-order valence-corrected chi connectivity index (χ4v) is 4.50. The predicted molar refractivity (Wildman–Crippen MR) is 75.8 cm³/mol. The quantitative estimate of drug-likeness (QED) is 0.800. The van der Waals surface area contributed by atoms with E-state index in [0.717, 1.165) is 12.8 Å². The van der Waals surface area contributed by atoms with Crippen LogP contribution in [0.2, 0.25) is 0 Å². The highest BCUT2D eigenvalue weighted by Crippen LogP contribution is 2.28. The summed E-state index contributed by atoms with van der Waals surface area (Å²) in [5, 5.41) is 15.0. The van der Waals surface area contributed by atoms with Crippen LogP contribution in [0.5, 0.6) is 0 Å². The predicted octanol–water partition coefficient (Wildman–Crippen LogP) is 0.131. The molecule has 0 saturated carbocycles. The van der Waals surface area contributed by atoms with Gasteiger partial charge in [-0.25, -0.2) is 13.2 Å². The Morgan fingerprint density at radius 1 is 1.52 bits per heavy atom. The number of carboxylic acid groups (broad SMARTS) is 1. The number of aromatic amines is 1. The summed E-state index contributed by atoms with van der Waals surface area (Å²) in [5.74, 6) is -1.29. The topological polar surface area (TPSA) is 107 Å². The fraction of sp³-hybridized carbons (Fsp3) is 0.667. The molecule has 0 spiro atoms. The second kappa shape index (κ2) is 5.74. The van der Waals surface area contributed by atoms with Gasteiger partial charge in [0, 0.05) is 24.8 Å². The van der Waals surface area contributed by atoms with E-state index in [1.54, 1.807) is 0 Å². The fourth-order valence-electron chi connectivity index (χ4n) is 2.69. The highest BCUT2D eigenvalue weighted by atomic mass is 32.2. The lowest BCUT2D eigenvalue weighted by Gasteiger charge is -2.25. The van der Waals surface area contributed by atoms with Crippen LogP contribution in [0.4, 0.5) is 0 Å². The van der Waals surface area contributed by atoms with E-state index in [0.29, 0.717) is 13.1 Å². The maximum Gasteiger partial charge on any atom is 0.340 e. The van der Waals surface area contributed by atoms with Crippen LogP contribution in [-0.2, 0) is 10.0 Å². The molecule has 21 heavy (non-hydrogen) atoms. The van der Waals surface area contributed by atoms with Gasteiger partial charge in [-0.2, -0.15) is 9.40 Å². The first kappa shape index (κ1) is 15.9. The molecule has 1 fully saturated rings. The van der Waals surface area contributed by atoms with Crippen LogP contribution in [0, 0.1) is 6.92 Å². The number of aromatic carboxylic acids is 1. The van der Waals surface area contributed by atoms with Gasteiger partial charge in [-0.05, 0) is 33.9 Å². The number of aryl methyl sites for hydroxylation is 1. The van der Waals surface area contributed by atoms with Crippen LogP contribution in [0.25, 0.3) is 0 Å². The summed E-state index contributed by atoms with van der Waals surface area (Å²) >= 11 is 0. The van der Waals surface area contributed by atoms with E-state index in [1.807, 2.05) is 19.0 Å². The van der Waals surface area contributed by atoms with Crippen molar-refractivity contribution >= 4 is 16.0 Å². The van der Waals surface area contributed by atoms with Crippen LogP contribution >= 0.6 is 0 Å². The minimum absolute atomic E-state index is 0.149. The molecule has 1 aliphatic rings. The normalized spacial score (nSPS) is 20.3. The average molecular weight is 316 g/mol. The first-order chi connectivity index (χ1) is 9.75. The third-order valence-corrected chi connectivity index (χ3v) is 5.46. The Morgan fingerprint density at radius 2 is 2.19 bits per heavy atom. The number of likely N-dealkylation sites (N-methyl/N-ethyl adjacent to an activating group) is 1. The molecule has 1 saturated heterocycles. The van der Waals surface area contributed by atoms with Crippen LogP contribution in [-0.4, -0.2) is 72.1 Å². The van der Waals surface area contributed by atoms with Gasteiger partial charge in [-0.1, -0.05) is 0 Å². The van der Waals surface area contributed by atoms with Crippen molar-refractivity contribution in [3.05, 3.63) is 11.3 Å². The van der Waals surface area contributed by atoms with Crippen molar-refractivity contribution in [2.45, 2.75) is 30.8 Å². The molecule has 1 aromatic rings. The maximum atomic E-state index is 12.7. The maximum absolute atomic E-state index is 12.7. The van der Waals surface area contributed by atoms with Crippen LogP contribution in [0.15, 0.2) is 5.03 Å². The van der Waals surface area contributed by atoms with Crippen molar-refractivity contribution in [1.29, 1.82) is 0 Å². The largest absolute Gasteiger partial charge is 0.478 e. The lowest BCUT2D eigenvalue weighted by Crippen LogP contribution is -2.41. The van der Waals surface area contributed by atoms with Crippen LogP contribution in [0.1, 0.15) is 28.9 Å². The van der Waals surface area contributed by atoms with Crippen LogP contribution in [0.3, 0.4) is 0 Å². The first-order valence-electron chi connectivity index (χ1n) is 6.70. The Labute approximate surface area is 123 Å². The molecule has 2 heterocycles. The third kappa shape index (κ3) is 2.94. The van der Waals surface area contributed by atoms with E-state index in [-0.39, 0.29) is 17.3 Å². The van der Waals surface area contributed by atoms with Crippen LogP contribution < -0.4 is 0 Å². The van der Waals surface area contributed by atoms with Crippen molar-refractivity contribution in [2.75, 3.05) is 27.2 Å². The summed E-state index contributed by atoms with van der Waals surface area (Å²) in [7, 11) is -0.146. The molecule has 0 bridgehead atoms. The minimum Gasteiger partial charge on any atom is -0.478 e. The van der Waals surface area contributed by atoms with Gasteiger partial charge in [0.1, 0.15) is 5.56 Å². The number of hydrogen-bond acceptors (Lipinski definition) is 5. The SMILES string of the molecule is Cc1[nH]nc(S(=O)(=O)N2CCCC2CN(C)C)c1C(=O)O. The number of nitrogens with zero attached hydrogens (tertiary/aromatic N) is 3. The van der Waals surface area contributed by atoms with Gasteiger partial charge < -0.3 is 10.0 Å². The highest BCUT2D eigenvalue weighted by Gasteiger charge is 2.39. The van der Waals surface area contributed by atoms with Gasteiger partial charge in [0.15, 0.2) is 0 Å². The van der Waals surface area contributed by atoms with Gasteiger partial charge in [-0.15, -0.1) is 0 Å². The lowest BCUT2D eigenvalue weighted by atomic mass is 10.2. The van der Waals surface area contributed by atoms with E-state index >= 15 is 0 Å². The third-order valence-electron chi connectivity index (χ3n) is 3.58. The smallest absolute Gasteiger partial charge is 0.340 e. The zero-order valence-corrected chi connectivity index (χ0v) is 13.1. The molecule has 1 aliphatic heterocycles. The molecule has 9 heteroatoms. The molecule has 1 aromatic heterocycles.